The molecule has 4 aromatic carbocycles. The summed E-state index contributed by atoms with van der Waals surface area (Å²) < 4.78 is 16.5. The molecule has 0 N–H and O–H groups in total. The van der Waals surface area contributed by atoms with E-state index in [1.807, 2.05) is 37.3 Å². The van der Waals surface area contributed by atoms with Gasteiger partial charge in [-0.2, -0.15) is 0 Å². The second kappa shape index (κ2) is 10.2. The van der Waals surface area contributed by atoms with E-state index >= 15 is 0 Å². The van der Waals surface area contributed by atoms with E-state index < -0.39 is 18.9 Å². The molecule has 0 radical (unpaired) electrons. The van der Waals surface area contributed by atoms with Crippen LogP contribution in [0, 0.1) is 0 Å². The molecule has 0 bridgehead atoms. The Balaban J connectivity index is 1.73. The summed E-state index contributed by atoms with van der Waals surface area (Å²) in [5.74, 6) is -0.292. The number of hydrogen-bond donors (Lipinski definition) is 0. The Morgan fingerprint density at radius 2 is 1.20 bits per heavy atom. The maximum absolute atomic E-state index is 13.5. The van der Waals surface area contributed by atoms with Gasteiger partial charge in [-0.25, -0.2) is 0 Å². The summed E-state index contributed by atoms with van der Waals surface area (Å²) in [6.07, 6.45) is 0.592. The van der Waals surface area contributed by atoms with E-state index in [-0.39, 0.29) is 10.7 Å². The van der Waals surface area contributed by atoms with Gasteiger partial charge in [0.15, 0.2) is 0 Å². The van der Waals surface area contributed by atoms with Crippen LogP contribution in [0.15, 0.2) is 121 Å². The maximum atomic E-state index is 13.5. The van der Waals surface area contributed by atoms with Crippen LogP contribution < -0.4 is 13.2 Å². The van der Waals surface area contributed by atoms with Crippen molar-refractivity contribution < 1.29 is 14.3 Å². The molecule has 0 amide bonds. The van der Waals surface area contributed by atoms with Gasteiger partial charge in [-0.15, -0.1) is 0 Å². The minimum atomic E-state index is -3.35. The molecule has 3 nitrogen and oxygen atoms in total. The summed E-state index contributed by atoms with van der Waals surface area (Å²) in [4.78, 5) is 13.5. The number of rotatable bonds is 7. The molecule has 0 spiro atoms. The molecule has 0 aromatic heterocycles. The average Bonchev–Trinajstić information content (AvgIpc) is 3.39. The first kappa shape index (κ1) is 23.6. The van der Waals surface area contributed by atoms with E-state index in [1.54, 1.807) is 0 Å². The zero-order valence-corrected chi connectivity index (χ0v) is 22.1. The third-order valence-electron chi connectivity index (χ3n) is 7.21. The van der Waals surface area contributed by atoms with Crippen LogP contribution in [0.2, 0.25) is 4.75 Å². The Labute approximate surface area is 210 Å². The molecule has 1 saturated heterocycles. The Morgan fingerprint density at radius 1 is 0.771 bits per heavy atom. The Bertz CT molecular complexity index is 1150. The first-order valence-corrected chi connectivity index (χ1v) is 16.6. The molecule has 4 heteroatoms. The van der Waals surface area contributed by atoms with Crippen molar-refractivity contribution in [3.05, 3.63) is 127 Å². The number of ether oxygens (including phenoxy) is 2. The standard InChI is InChI=1S/C31H30GeO3/c1-2-34-30(33)31(25-15-7-3-8-16-25)23-29(24-35-31)32(26-17-9-4-10-18-26,27-19-11-5-12-20-27)28-21-13-6-14-22-28/h3-22,29H,2,23-24H2,1H3/t29-,31+/m1/s1. The second-order valence-corrected chi connectivity index (χ2v) is 17.8. The third-order valence-corrected chi connectivity index (χ3v) is 18.4. The Kier molecular flexibility index (Phi) is 6.89. The van der Waals surface area contributed by atoms with Crippen LogP contribution in [-0.2, 0) is 19.9 Å². The molecule has 4 aromatic rings. The van der Waals surface area contributed by atoms with Gasteiger partial charge in [0.25, 0.3) is 0 Å². The van der Waals surface area contributed by atoms with Crippen LogP contribution in [0.4, 0.5) is 0 Å². The first-order valence-electron chi connectivity index (χ1n) is 12.2. The molecule has 35 heavy (non-hydrogen) atoms. The Hall–Kier alpha value is -3.15. The predicted molar refractivity (Wildman–Crippen MR) is 143 cm³/mol. The summed E-state index contributed by atoms with van der Waals surface area (Å²) in [5, 5.41) is 0. The topological polar surface area (TPSA) is 35.5 Å². The monoisotopic (exact) mass is 524 g/mol. The van der Waals surface area contributed by atoms with Crippen LogP contribution in [0.1, 0.15) is 18.9 Å². The summed E-state index contributed by atoms with van der Waals surface area (Å²) in [5.41, 5.74) is -0.233. The van der Waals surface area contributed by atoms with Gasteiger partial charge in [-0.1, -0.05) is 0 Å². The van der Waals surface area contributed by atoms with E-state index in [2.05, 4.69) is 91.0 Å². The van der Waals surface area contributed by atoms with Crippen molar-refractivity contribution in [2.45, 2.75) is 23.7 Å². The average molecular weight is 523 g/mol. The third kappa shape index (κ3) is 4.13. The van der Waals surface area contributed by atoms with Gasteiger partial charge in [0.2, 0.25) is 0 Å². The molecule has 1 aliphatic rings. The van der Waals surface area contributed by atoms with Crippen molar-refractivity contribution in [3.63, 3.8) is 0 Å². The van der Waals surface area contributed by atoms with Crippen molar-refractivity contribution >= 4 is 32.4 Å². The van der Waals surface area contributed by atoms with Crippen LogP contribution >= 0.6 is 0 Å². The number of carbonyl (C=O) groups is 1. The van der Waals surface area contributed by atoms with Gasteiger partial charge in [-0.3, -0.25) is 0 Å². The van der Waals surface area contributed by atoms with Gasteiger partial charge in [0, 0.05) is 0 Å². The van der Waals surface area contributed by atoms with Gasteiger partial charge in [0.1, 0.15) is 0 Å². The van der Waals surface area contributed by atoms with Crippen molar-refractivity contribution in [3.8, 4) is 0 Å². The van der Waals surface area contributed by atoms with E-state index in [1.165, 1.54) is 13.2 Å². The quantitative estimate of drug-likeness (QED) is 0.266. The number of esters is 1. The molecule has 176 valence electrons. The Morgan fingerprint density at radius 3 is 1.63 bits per heavy atom. The van der Waals surface area contributed by atoms with E-state index in [4.69, 9.17) is 9.47 Å². The van der Waals surface area contributed by atoms with Crippen molar-refractivity contribution in [2.75, 3.05) is 13.2 Å². The molecule has 0 unspecified atom stereocenters. The zero-order chi connectivity index (χ0) is 24.1. The van der Waals surface area contributed by atoms with Crippen LogP contribution in [0.25, 0.3) is 0 Å². The summed E-state index contributed by atoms with van der Waals surface area (Å²) >= 11 is -3.35. The van der Waals surface area contributed by atoms with Crippen LogP contribution in [-0.4, -0.2) is 32.4 Å². The fraction of sp³-hybridized carbons (Fsp3) is 0.194. The zero-order valence-electron chi connectivity index (χ0n) is 20.0. The van der Waals surface area contributed by atoms with E-state index in [0.29, 0.717) is 19.6 Å². The number of benzene rings is 4. The normalized spacial score (nSPS) is 19.9. The molecule has 1 aliphatic heterocycles. The molecule has 1 heterocycles. The number of carbonyl (C=O) groups excluding carboxylic acids is 1. The van der Waals surface area contributed by atoms with Gasteiger partial charge >= 0.3 is 210 Å². The molecule has 0 saturated carbocycles. The van der Waals surface area contributed by atoms with E-state index in [0.717, 1.165) is 5.56 Å². The first-order chi connectivity index (χ1) is 17.2. The molecule has 2 atom stereocenters. The second-order valence-electron chi connectivity index (χ2n) is 9.03. The summed E-state index contributed by atoms with van der Waals surface area (Å²) in [7, 11) is 0. The van der Waals surface area contributed by atoms with Gasteiger partial charge < -0.3 is 0 Å². The minimum absolute atomic E-state index is 0.173. The summed E-state index contributed by atoms with van der Waals surface area (Å²) in [6.45, 7) is 2.68. The predicted octanol–water partition coefficient (Wildman–Crippen LogP) is 4.41. The van der Waals surface area contributed by atoms with Gasteiger partial charge in [0.05, 0.1) is 0 Å². The van der Waals surface area contributed by atoms with E-state index in [9.17, 15) is 4.79 Å². The van der Waals surface area contributed by atoms with Crippen molar-refractivity contribution in [1.82, 2.24) is 0 Å². The molecular weight excluding hydrogens is 493 g/mol. The van der Waals surface area contributed by atoms with Crippen LogP contribution in [0.5, 0.6) is 0 Å². The fourth-order valence-corrected chi connectivity index (χ4v) is 17.2. The van der Waals surface area contributed by atoms with Crippen molar-refractivity contribution in [1.29, 1.82) is 0 Å². The summed E-state index contributed by atoms with van der Waals surface area (Å²) in [6, 6.07) is 42.5. The molecular formula is C31H30GeO3. The SMILES string of the molecule is CCOC(=O)[C@@]1(c2ccccc2)C[C@@H]([Ge]([c]2ccccc2)([c]2ccccc2)[c]2ccccc2)CO1. The van der Waals surface area contributed by atoms with Crippen molar-refractivity contribution in [2.24, 2.45) is 0 Å². The molecule has 5 rings (SSSR count). The number of hydrogen-bond acceptors (Lipinski definition) is 3. The van der Waals surface area contributed by atoms with Gasteiger partial charge in [-0.05, 0) is 0 Å². The fourth-order valence-electron chi connectivity index (χ4n) is 5.71. The molecule has 1 fully saturated rings. The van der Waals surface area contributed by atoms with Crippen LogP contribution in [0.3, 0.4) is 0 Å². The molecule has 0 aliphatic carbocycles.